The number of amides is 1. The number of hydrogen-bond acceptors (Lipinski definition) is 5. The number of nitrogens with one attached hydrogen (secondary N) is 1. The molecule has 0 radical (unpaired) electrons. The molecule has 0 spiro atoms. The van der Waals surface area contributed by atoms with E-state index in [1.807, 2.05) is 6.07 Å². The van der Waals surface area contributed by atoms with Gasteiger partial charge in [-0.25, -0.2) is 4.39 Å². The van der Waals surface area contributed by atoms with Crippen LogP contribution in [0.1, 0.15) is 11.1 Å². The molecule has 8 heteroatoms. The minimum absolute atomic E-state index is 0.00934. The summed E-state index contributed by atoms with van der Waals surface area (Å²) >= 11 is 3.43. The van der Waals surface area contributed by atoms with Gasteiger partial charge in [-0.15, -0.1) is 0 Å². The number of anilines is 1. The molecule has 0 aromatic heterocycles. The van der Waals surface area contributed by atoms with E-state index in [9.17, 15) is 14.4 Å². The molecule has 0 fully saturated rings. The van der Waals surface area contributed by atoms with Gasteiger partial charge < -0.3 is 19.5 Å². The SMILES string of the molecule is COc1ccccc1NC(=O)/C(C#N)=C\c1cc(OC)c(OCc2ccccc2F)cc1Br. The van der Waals surface area contributed by atoms with Crippen LogP contribution in [0.5, 0.6) is 17.2 Å². The summed E-state index contributed by atoms with van der Waals surface area (Å²) in [6.07, 6.45) is 1.43. The number of halogens is 2. The second kappa shape index (κ2) is 11.2. The Morgan fingerprint density at radius 2 is 1.76 bits per heavy atom. The number of carbonyl (C=O) groups excluding carboxylic acids is 1. The first kappa shape index (κ1) is 23.8. The fourth-order valence-corrected chi connectivity index (χ4v) is 3.38. The Labute approximate surface area is 199 Å². The highest BCUT2D eigenvalue weighted by molar-refractivity contribution is 9.10. The van der Waals surface area contributed by atoms with Crippen LogP contribution in [0.15, 0.2) is 70.7 Å². The lowest BCUT2D eigenvalue weighted by molar-refractivity contribution is -0.112. The molecule has 0 heterocycles. The van der Waals surface area contributed by atoms with E-state index >= 15 is 0 Å². The molecule has 6 nitrogen and oxygen atoms in total. The van der Waals surface area contributed by atoms with Crippen molar-refractivity contribution in [1.29, 1.82) is 5.26 Å². The molecule has 0 aliphatic rings. The predicted octanol–water partition coefficient (Wildman–Crippen LogP) is 5.73. The zero-order valence-electron chi connectivity index (χ0n) is 17.9. The summed E-state index contributed by atoms with van der Waals surface area (Å²) in [6.45, 7) is 0.00934. The minimum atomic E-state index is -0.590. The van der Waals surface area contributed by atoms with E-state index < -0.39 is 5.91 Å². The second-order valence-corrected chi connectivity index (χ2v) is 7.58. The maximum atomic E-state index is 13.9. The number of rotatable bonds is 8. The Kier molecular flexibility index (Phi) is 8.06. The molecular formula is C25H20BrFN2O4. The molecule has 168 valence electrons. The van der Waals surface area contributed by atoms with Crippen LogP contribution >= 0.6 is 15.9 Å². The fraction of sp³-hybridized carbons (Fsp3) is 0.120. The van der Waals surface area contributed by atoms with Crippen molar-refractivity contribution in [3.8, 4) is 23.3 Å². The average Bonchev–Trinajstić information content (AvgIpc) is 2.83. The van der Waals surface area contributed by atoms with Crippen molar-refractivity contribution in [2.45, 2.75) is 6.61 Å². The van der Waals surface area contributed by atoms with Crippen LogP contribution in [0.3, 0.4) is 0 Å². The van der Waals surface area contributed by atoms with Crippen molar-refractivity contribution in [3.05, 3.63) is 87.7 Å². The van der Waals surface area contributed by atoms with Crippen molar-refractivity contribution in [2.24, 2.45) is 0 Å². The highest BCUT2D eigenvalue weighted by atomic mass is 79.9. The lowest BCUT2D eigenvalue weighted by atomic mass is 10.1. The molecule has 33 heavy (non-hydrogen) atoms. The summed E-state index contributed by atoms with van der Waals surface area (Å²) in [4.78, 5) is 12.7. The Morgan fingerprint density at radius 1 is 1.06 bits per heavy atom. The van der Waals surface area contributed by atoms with Crippen molar-refractivity contribution >= 4 is 33.6 Å². The number of hydrogen-bond donors (Lipinski definition) is 1. The molecule has 0 bridgehead atoms. The maximum absolute atomic E-state index is 13.9. The van der Waals surface area contributed by atoms with Crippen molar-refractivity contribution in [2.75, 3.05) is 19.5 Å². The number of carbonyl (C=O) groups is 1. The van der Waals surface area contributed by atoms with Crippen LogP contribution < -0.4 is 19.5 Å². The first-order valence-corrected chi connectivity index (χ1v) is 10.6. The predicted molar refractivity (Wildman–Crippen MR) is 127 cm³/mol. The first-order valence-electron chi connectivity index (χ1n) is 9.76. The van der Waals surface area contributed by atoms with Gasteiger partial charge in [0.1, 0.15) is 29.8 Å². The largest absolute Gasteiger partial charge is 0.495 e. The first-order chi connectivity index (χ1) is 16.0. The van der Waals surface area contributed by atoms with Gasteiger partial charge in [0.05, 0.1) is 19.9 Å². The number of ether oxygens (including phenoxy) is 3. The molecule has 0 saturated carbocycles. The lowest BCUT2D eigenvalue weighted by Gasteiger charge is -2.13. The zero-order chi connectivity index (χ0) is 23.8. The Balaban J connectivity index is 1.84. The average molecular weight is 511 g/mol. The molecule has 0 unspecified atom stereocenters. The van der Waals surface area contributed by atoms with Crippen LogP contribution in [0.25, 0.3) is 6.08 Å². The van der Waals surface area contributed by atoms with Gasteiger partial charge in [-0.3, -0.25) is 4.79 Å². The normalized spacial score (nSPS) is 10.8. The lowest BCUT2D eigenvalue weighted by Crippen LogP contribution is -2.14. The van der Waals surface area contributed by atoms with Crippen molar-refractivity contribution in [1.82, 2.24) is 0 Å². The number of nitriles is 1. The molecule has 0 atom stereocenters. The van der Waals surface area contributed by atoms with Crippen LogP contribution in [0.4, 0.5) is 10.1 Å². The van der Waals surface area contributed by atoms with Gasteiger partial charge in [-0.1, -0.05) is 46.3 Å². The summed E-state index contributed by atoms with van der Waals surface area (Å²) in [5.74, 6) is 0.259. The third kappa shape index (κ3) is 5.90. The highest BCUT2D eigenvalue weighted by Gasteiger charge is 2.15. The monoisotopic (exact) mass is 510 g/mol. The minimum Gasteiger partial charge on any atom is -0.495 e. The maximum Gasteiger partial charge on any atom is 0.266 e. The molecule has 1 amide bonds. The van der Waals surface area contributed by atoms with Crippen LogP contribution in [0.2, 0.25) is 0 Å². The van der Waals surface area contributed by atoms with E-state index in [1.165, 1.54) is 26.4 Å². The third-order valence-electron chi connectivity index (χ3n) is 4.64. The standard InChI is InChI=1S/C25H20BrFN2O4/c1-31-22-10-6-5-9-21(22)29-25(30)18(14-28)11-17-12-23(32-2)24(13-19(17)26)33-15-16-7-3-4-8-20(16)27/h3-13H,15H2,1-2H3,(H,29,30)/b18-11-. The Hall–Kier alpha value is -3.83. The Morgan fingerprint density at radius 3 is 2.45 bits per heavy atom. The summed E-state index contributed by atoms with van der Waals surface area (Å²) in [5.41, 5.74) is 1.25. The Bertz CT molecular complexity index is 1240. The van der Waals surface area contributed by atoms with E-state index in [-0.39, 0.29) is 18.0 Å². The van der Waals surface area contributed by atoms with Crippen molar-refractivity contribution in [3.63, 3.8) is 0 Å². The van der Waals surface area contributed by atoms with E-state index in [4.69, 9.17) is 14.2 Å². The molecule has 0 aliphatic heterocycles. The molecule has 1 N–H and O–H groups in total. The molecule has 0 saturated heterocycles. The molecule has 0 aliphatic carbocycles. The third-order valence-corrected chi connectivity index (χ3v) is 5.33. The van der Waals surface area contributed by atoms with Crippen LogP contribution in [-0.2, 0) is 11.4 Å². The van der Waals surface area contributed by atoms with Crippen LogP contribution in [-0.4, -0.2) is 20.1 Å². The summed E-state index contributed by atoms with van der Waals surface area (Å²) in [5, 5.41) is 12.2. The number of nitrogens with zero attached hydrogens (tertiary/aromatic N) is 1. The van der Waals surface area contributed by atoms with Gasteiger partial charge in [-0.2, -0.15) is 5.26 Å². The molecule has 3 rings (SSSR count). The van der Waals surface area contributed by atoms with Gasteiger partial charge >= 0.3 is 0 Å². The van der Waals surface area contributed by atoms with E-state index in [0.717, 1.165) is 0 Å². The van der Waals surface area contributed by atoms with Gasteiger partial charge in [-0.05, 0) is 42.0 Å². The van der Waals surface area contributed by atoms with E-state index in [0.29, 0.717) is 38.5 Å². The summed E-state index contributed by atoms with van der Waals surface area (Å²) in [6, 6.07) is 18.4. The molecule has 3 aromatic carbocycles. The highest BCUT2D eigenvalue weighted by Crippen LogP contribution is 2.35. The molecule has 3 aromatic rings. The number of para-hydroxylation sites is 2. The zero-order valence-corrected chi connectivity index (χ0v) is 19.5. The number of methoxy groups -OCH3 is 2. The quantitative estimate of drug-likeness (QED) is 0.309. The fourth-order valence-electron chi connectivity index (χ4n) is 2.95. The smallest absolute Gasteiger partial charge is 0.266 e. The van der Waals surface area contributed by atoms with Gasteiger partial charge in [0.2, 0.25) is 0 Å². The van der Waals surface area contributed by atoms with Gasteiger partial charge in [0.25, 0.3) is 5.91 Å². The second-order valence-electron chi connectivity index (χ2n) is 6.73. The summed E-state index contributed by atoms with van der Waals surface area (Å²) < 4.78 is 30.8. The van der Waals surface area contributed by atoms with E-state index in [2.05, 4.69) is 21.2 Å². The topological polar surface area (TPSA) is 80.6 Å². The van der Waals surface area contributed by atoms with E-state index in [1.54, 1.807) is 54.6 Å². The van der Waals surface area contributed by atoms with Gasteiger partial charge in [0.15, 0.2) is 11.5 Å². The summed E-state index contributed by atoms with van der Waals surface area (Å²) in [7, 11) is 2.96. The van der Waals surface area contributed by atoms with Crippen molar-refractivity contribution < 1.29 is 23.4 Å². The molecular weight excluding hydrogens is 491 g/mol. The van der Waals surface area contributed by atoms with Crippen LogP contribution in [0, 0.1) is 17.1 Å². The van der Waals surface area contributed by atoms with Gasteiger partial charge in [0, 0.05) is 10.0 Å². The number of benzene rings is 3.